The molecule has 70 heavy (non-hydrogen) atoms. The number of aliphatic imine (C=N–C) groups is 2. The molecule has 0 saturated heterocycles. The van der Waals surface area contributed by atoms with Gasteiger partial charge in [-0.25, -0.2) is 0 Å². The summed E-state index contributed by atoms with van der Waals surface area (Å²) < 4.78 is 22.6. The number of amidine groups is 1. The zero-order valence-electron chi connectivity index (χ0n) is 37.3. The normalized spacial score (nSPS) is 13.5. The molecule has 0 aliphatic carbocycles. The summed E-state index contributed by atoms with van der Waals surface area (Å²) in [4.78, 5) is 11.1. The molecule has 0 bridgehead atoms. The molecule has 0 unspecified atom stereocenters. The molecule has 0 spiro atoms. The molecule has 5 nitrogen and oxygen atoms in total. The Morgan fingerprint density at radius 3 is 1.57 bits per heavy atom. The van der Waals surface area contributed by atoms with Crippen LogP contribution in [0.5, 0.6) is 0 Å². The third-order valence-electron chi connectivity index (χ3n) is 14.0. The molecule has 0 N–H and O–H groups in total. The molecule has 15 rings (SSSR count). The van der Waals surface area contributed by atoms with Crippen LogP contribution < -0.4 is 21.2 Å². The minimum absolute atomic E-state index is 0.663. The maximum atomic E-state index is 6.73. The Bertz CT molecular complexity index is 4610. The fourth-order valence-corrected chi connectivity index (χ4v) is 12.9. The van der Waals surface area contributed by atoms with Gasteiger partial charge in [-0.3, -0.25) is 0 Å². The number of fused-ring (bicyclic) bond motifs is 15. The monoisotopic (exact) mass is 1010 g/mol. The molecule has 0 amide bonds. The van der Waals surface area contributed by atoms with Gasteiger partial charge in [0.25, 0.3) is 0 Å². The van der Waals surface area contributed by atoms with Crippen molar-refractivity contribution in [2.45, 2.75) is 0 Å². The van der Waals surface area contributed by atoms with Crippen molar-refractivity contribution < 1.29 is 34.5 Å². The van der Waals surface area contributed by atoms with E-state index in [1.807, 2.05) is 30.3 Å². The Morgan fingerprint density at radius 2 is 0.786 bits per heavy atom. The molecule has 11 aromatic carbocycles. The number of furan rings is 3. The zero-order valence-corrected chi connectivity index (χ0v) is 39.4. The summed E-state index contributed by atoms with van der Waals surface area (Å²) in [5.41, 5.74) is 13.5. The van der Waals surface area contributed by atoms with Gasteiger partial charge in [0, 0.05) is 0 Å². The second-order valence-electron chi connectivity index (χ2n) is 18.0. The van der Waals surface area contributed by atoms with Crippen LogP contribution in [-0.4, -0.2) is 9.55 Å². The molecule has 1 aliphatic heterocycles. The van der Waals surface area contributed by atoms with Crippen molar-refractivity contribution in [3.63, 3.8) is 0 Å². The van der Waals surface area contributed by atoms with Crippen LogP contribution in [-0.2, 0) is 0 Å². The molecule has 0 radical (unpaired) electrons. The molecule has 0 fully saturated rings. The Balaban J connectivity index is 0.877. The first-order valence-electron chi connectivity index (χ1n) is 23.4. The maximum absolute atomic E-state index is 6.73. The van der Waals surface area contributed by atoms with Crippen molar-refractivity contribution in [1.82, 2.24) is 0 Å². The number of hydrogen-bond donors (Lipinski definition) is 0. The molecular weight excluding hydrogens is 972 g/mol. The van der Waals surface area contributed by atoms with Gasteiger partial charge in [0.2, 0.25) is 0 Å². The van der Waals surface area contributed by atoms with Gasteiger partial charge in [-0.1, -0.05) is 36.4 Å². The third-order valence-corrected chi connectivity index (χ3v) is 16.3. The Labute approximate surface area is 410 Å². The van der Waals surface area contributed by atoms with E-state index in [1.165, 1.54) is 32.3 Å². The predicted molar refractivity (Wildman–Crippen MR) is 286 cm³/mol. The molecule has 0 saturated carbocycles. The number of nitrogens with zero attached hydrogens (tertiary/aromatic N) is 2. The average molecular weight is 1010 g/mol. The Morgan fingerprint density at radius 1 is 0.286 bits per heavy atom. The van der Waals surface area contributed by atoms with Gasteiger partial charge in [-0.15, -0.1) is 0 Å². The van der Waals surface area contributed by atoms with E-state index in [0.29, 0.717) is 5.84 Å². The van der Waals surface area contributed by atoms with E-state index in [2.05, 4.69) is 186 Å². The summed E-state index contributed by atoms with van der Waals surface area (Å²) in [5, 5.41) is 14.0. The summed E-state index contributed by atoms with van der Waals surface area (Å²) >= 11 is -0.793. The van der Waals surface area contributed by atoms with Crippen LogP contribution in [0.25, 0.3) is 126 Å². The van der Waals surface area contributed by atoms with Gasteiger partial charge >= 0.3 is 371 Å². The summed E-state index contributed by atoms with van der Waals surface area (Å²) in [5.74, 6) is 0.663. The number of rotatable bonds is 5. The first kappa shape index (κ1) is 39.4. The van der Waals surface area contributed by atoms with Crippen LogP contribution in [0.15, 0.2) is 240 Å². The van der Waals surface area contributed by atoms with Crippen LogP contribution in [0.2, 0.25) is 0 Å². The van der Waals surface area contributed by atoms with Crippen molar-refractivity contribution in [2.75, 3.05) is 0 Å². The van der Waals surface area contributed by atoms with Crippen LogP contribution in [0, 0.1) is 0 Å². The zero-order chi connectivity index (χ0) is 45.9. The van der Waals surface area contributed by atoms with Gasteiger partial charge in [-0.2, -0.15) is 0 Å². The molecule has 0 atom stereocenters. The number of para-hydroxylation sites is 2. The Kier molecular flexibility index (Phi) is 8.71. The molecule has 3 aromatic heterocycles. The SMILES string of the molecule is C1=C(c2cccc3oc4ccccc4c23)N=C(c2cccc(-c3ccc4c5ccccc5c5ccccc5c4c3)c2)N=C(c2ccc3c(c2)oc2cccc(-c4ccc5oc6ccccc6c5c4)c23)[I-]1. The third kappa shape index (κ3) is 6.16. The summed E-state index contributed by atoms with van der Waals surface area (Å²) in [6, 6.07) is 75.2. The first-order valence-corrected chi connectivity index (χ1v) is 25.7. The minimum atomic E-state index is -0.793. The summed E-state index contributed by atoms with van der Waals surface area (Å²) in [6.07, 6.45) is 0. The molecular formula is C64H36IN2O3-. The van der Waals surface area contributed by atoms with E-state index in [9.17, 15) is 0 Å². The van der Waals surface area contributed by atoms with Crippen molar-refractivity contribution >= 4 is 113 Å². The first-order chi connectivity index (χ1) is 34.7. The standard InChI is InChI=1S/C64H36IN2O3/c1-2-16-45-43(14-1)44-15-3-4-17-46(44)52-33-38(26-29-47(45)52)37-12-9-13-41(32-37)64-66-54(49-21-11-25-59-62(49)50-19-6-8-23-56(50)69-59)36-65-63(67-64)40-27-30-51-60(35-40)70-58-24-10-20-42(61(51)58)39-28-31-57-53(34-39)48-18-5-7-22-55(48)68-57/h1-36H/q-1. The van der Waals surface area contributed by atoms with E-state index in [0.717, 1.165) is 114 Å². The fourth-order valence-electron chi connectivity index (χ4n) is 10.8. The van der Waals surface area contributed by atoms with Gasteiger partial charge in [0.15, 0.2) is 0 Å². The molecule has 14 aromatic rings. The number of hydrogen-bond acceptors (Lipinski definition) is 5. The van der Waals surface area contributed by atoms with E-state index in [-0.39, 0.29) is 0 Å². The second kappa shape index (κ2) is 15.5. The van der Waals surface area contributed by atoms with Gasteiger partial charge < -0.3 is 0 Å². The van der Waals surface area contributed by atoms with Crippen molar-refractivity contribution in [1.29, 1.82) is 0 Å². The van der Waals surface area contributed by atoms with Gasteiger partial charge in [0.05, 0.1) is 0 Å². The number of halogens is 1. The van der Waals surface area contributed by atoms with Crippen molar-refractivity contribution in [3.8, 4) is 22.3 Å². The molecule has 6 heteroatoms. The van der Waals surface area contributed by atoms with E-state index in [1.54, 1.807) is 0 Å². The van der Waals surface area contributed by atoms with Gasteiger partial charge in [0.1, 0.15) is 0 Å². The van der Waals surface area contributed by atoms with Crippen LogP contribution in [0.3, 0.4) is 0 Å². The van der Waals surface area contributed by atoms with Crippen molar-refractivity contribution in [2.24, 2.45) is 9.98 Å². The van der Waals surface area contributed by atoms with Crippen LogP contribution in [0.1, 0.15) is 16.7 Å². The summed E-state index contributed by atoms with van der Waals surface area (Å²) in [7, 11) is 0. The van der Waals surface area contributed by atoms with E-state index >= 15 is 0 Å². The second-order valence-corrected chi connectivity index (χ2v) is 20.2. The quantitative estimate of drug-likeness (QED) is 0.127. The predicted octanol–water partition coefficient (Wildman–Crippen LogP) is 14.5. The molecule has 328 valence electrons. The van der Waals surface area contributed by atoms with E-state index < -0.39 is 21.2 Å². The Hall–Kier alpha value is -8.59. The molecule has 1 aliphatic rings. The van der Waals surface area contributed by atoms with E-state index in [4.69, 9.17) is 23.2 Å². The van der Waals surface area contributed by atoms with Crippen LogP contribution in [0.4, 0.5) is 0 Å². The molecule has 4 heterocycles. The van der Waals surface area contributed by atoms with Gasteiger partial charge in [-0.05, 0) is 6.07 Å². The average Bonchev–Trinajstić information content (AvgIpc) is 4.06. The summed E-state index contributed by atoms with van der Waals surface area (Å²) in [6.45, 7) is 0. The fraction of sp³-hybridized carbons (Fsp3) is 0. The van der Waals surface area contributed by atoms with Crippen molar-refractivity contribution in [3.05, 3.63) is 233 Å². The number of benzene rings is 11. The topological polar surface area (TPSA) is 64.1 Å². The van der Waals surface area contributed by atoms with Crippen LogP contribution >= 0.6 is 0 Å².